The summed E-state index contributed by atoms with van der Waals surface area (Å²) in [6.45, 7) is 5.24. The van der Waals surface area contributed by atoms with Gasteiger partial charge < -0.3 is 5.32 Å². The van der Waals surface area contributed by atoms with Crippen molar-refractivity contribution in [3.8, 4) is 6.07 Å². The van der Waals surface area contributed by atoms with Crippen LogP contribution >= 0.6 is 11.8 Å². The maximum atomic E-state index is 8.73. The standard InChI is InChI=1S/C14H19N3S/c1-11(2)8-9-16-14(18-3)17-13-6-4-12(10-15)5-7-13/h4-7,11H,8-9H2,1-3H3,(H,16,17). The van der Waals surface area contributed by atoms with E-state index in [1.54, 1.807) is 23.9 Å². The van der Waals surface area contributed by atoms with Crippen LogP contribution in [0.3, 0.4) is 0 Å². The van der Waals surface area contributed by atoms with Crippen LogP contribution in [-0.4, -0.2) is 18.0 Å². The van der Waals surface area contributed by atoms with Gasteiger partial charge in [-0.25, -0.2) is 0 Å². The van der Waals surface area contributed by atoms with Crippen molar-refractivity contribution in [3.05, 3.63) is 29.8 Å². The number of anilines is 1. The summed E-state index contributed by atoms with van der Waals surface area (Å²) in [7, 11) is 0. The minimum Gasteiger partial charge on any atom is -0.335 e. The van der Waals surface area contributed by atoms with Gasteiger partial charge in [-0.1, -0.05) is 25.6 Å². The molecule has 0 heterocycles. The van der Waals surface area contributed by atoms with Gasteiger partial charge in [0.05, 0.1) is 11.6 Å². The molecule has 1 N–H and O–H groups in total. The quantitative estimate of drug-likeness (QED) is 0.663. The van der Waals surface area contributed by atoms with Gasteiger partial charge in [0.2, 0.25) is 0 Å². The van der Waals surface area contributed by atoms with Crippen molar-refractivity contribution in [2.24, 2.45) is 10.9 Å². The van der Waals surface area contributed by atoms with Crippen molar-refractivity contribution in [1.29, 1.82) is 5.26 Å². The first-order chi connectivity index (χ1) is 8.65. The number of hydrogen-bond acceptors (Lipinski definition) is 3. The van der Waals surface area contributed by atoms with Crippen molar-refractivity contribution in [3.63, 3.8) is 0 Å². The van der Waals surface area contributed by atoms with Crippen LogP contribution in [0.1, 0.15) is 25.8 Å². The highest BCUT2D eigenvalue weighted by molar-refractivity contribution is 8.13. The monoisotopic (exact) mass is 261 g/mol. The highest BCUT2D eigenvalue weighted by Crippen LogP contribution is 2.12. The lowest BCUT2D eigenvalue weighted by Gasteiger charge is -2.08. The predicted molar refractivity (Wildman–Crippen MR) is 80.1 cm³/mol. The van der Waals surface area contributed by atoms with Gasteiger partial charge in [-0.3, -0.25) is 4.99 Å². The van der Waals surface area contributed by atoms with Gasteiger partial charge in [-0.2, -0.15) is 5.26 Å². The lowest BCUT2D eigenvalue weighted by Crippen LogP contribution is -2.08. The second-order valence-corrected chi connectivity index (χ2v) is 5.18. The maximum Gasteiger partial charge on any atom is 0.160 e. The summed E-state index contributed by atoms with van der Waals surface area (Å²) in [4.78, 5) is 4.52. The summed E-state index contributed by atoms with van der Waals surface area (Å²) in [5, 5.41) is 12.9. The second kappa shape index (κ2) is 7.78. The Morgan fingerprint density at radius 1 is 1.39 bits per heavy atom. The van der Waals surface area contributed by atoms with Crippen molar-refractivity contribution in [2.45, 2.75) is 20.3 Å². The van der Waals surface area contributed by atoms with Crippen molar-refractivity contribution < 1.29 is 0 Å². The average Bonchev–Trinajstić information content (AvgIpc) is 2.38. The molecule has 0 saturated heterocycles. The van der Waals surface area contributed by atoms with E-state index in [4.69, 9.17) is 5.26 Å². The van der Waals surface area contributed by atoms with Crippen LogP contribution < -0.4 is 5.32 Å². The third-order valence-electron chi connectivity index (χ3n) is 2.42. The Hall–Kier alpha value is -1.47. The third kappa shape index (κ3) is 5.24. The molecule has 0 aromatic heterocycles. The van der Waals surface area contributed by atoms with Crippen LogP contribution in [0.15, 0.2) is 29.3 Å². The zero-order chi connectivity index (χ0) is 13.4. The number of nitrogens with zero attached hydrogens (tertiary/aromatic N) is 2. The van der Waals surface area contributed by atoms with Gasteiger partial charge in [0.25, 0.3) is 0 Å². The van der Waals surface area contributed by atoms with Crippen LogP contribution in [0.25, 0.3) is 0 Å². The predicted octanol–water partition coefficient (Wildman–Crippen LogP) is 3.74. The van der Waals surface area contributed by atoms with Gasteiger partial charge in [0, 0.05) is 12.2 Å². The molecule has 18 heavy (non-hydrogen) atoms. The molecule has 0 aliphatic heterocycles. The van der Waals surface area contributed by atoms with E-state index in [1.807, 2.05) is 18.4 Å². The van der Waals surface area contributed by atoms with Gasteiger partial charge in [0.1, 0.15) is 0 Å². The van der Waals surface area contributed by atoms with E-state index in [-0.39, 0.29) is 0 Å². The molecule has 0 unspecified atom stereocenters. The van der Waals surface area contributed by atoms with Gasteiger partial charge in [-0.15, -0.1) is 0 Å². The number of nitriles is 1. The molecule has 0 spiro atoms. The summed E-state index contributed by atoms with van der Waals surface area (Å²) in [6.07, 6.45) is 3.10. The van der Waals surface area contributed by atoms with Crippen molar-refractivity contribution in [1.82, 2.24) is 0 Å². The zero-order valence-corrected chi connectivity index (χ0v) is 11.9. The van der Waals surface area contributed by atoms with E-state index in [2.05, 4.69) is 30.2 Å². The van der Waals surface area contributed by atoms with E-state index < -0.39 is 0 Å². The fraction of sp³-hybridized carbons (Fsp3) is 0.429. The summed E-state index contributed by atoms with van der Waals surface area (Å²) < 4.78 is 0. The first-order valence-electron chi connectivity index (χ1n) is 6.01. The topological polar surface area (TPSA) is 48.2 Å². The van der Waals surface area contributed by atoms with E-state index in [0.717, 1.165) is 23.8 Å². The molecule has 0 radical (unpaired) electrons. The van der Waals surface area contributed by atoms with Gasteiger partial charge >= 0.3 is 0 Å². The number of rotatable bonds is 4. The summed E-state index contributed by atoms with van der Waals surface area (Å²) in [6, 6.07) is 9.50. The second-order valence-electron chi connectivity index (χ2n) is 4.39. The molecule has 1 aromatic rings. The molecule has 0 aliphatic rings. The Balaban J connectivity index is 2.59. The van der Waals surface area contributed by atoms with E-state index >= 15 is 0 Å². The number of amidine groups is 1. The molecule has 1 aromatic carbocycles. The smallest absolute Gasteiger partial charge is 0.160 e. The highest BCUT2D eigenvalue weighted by Gasteiger charge is 1.99. The Labute approximate surface area is 113 Å². The molecule has 1 rings (SSSR count). The molecule has 0 fully saturated rings. The number of aliphatic imine (C=N–C) groups is 1. The third-order valence-corrected chi connectivity index (χ3v) is 3.04. The molecule has 96 valence electrons. The fourth-order valence-corrected chi connectivity index (χ4v) is 1.77. The van der Waals surface area contributed by atoms with Crippen molar-refractivity contribution in [2.75, 3.05) is 18.1 Å². The zero-order valence-electron chi connectivity index (χ0n) is 11.1. The van der Waals surface area contributed by atoms with Crippen LogP contribution in [0.4, 0.5) is 5.69 Å². The molecular formula is C14H19N3S. The SMILES string of the molecule is CSC(=NCCC(C)C)Nc1ccc(C#N)cc1. The highest BCUT2D eigenvalue weighted by atomic mass is 32.2. The Morgan fingerprint density at radius 2 is 2.06 bits per heavy atom. The first-order valence-corrected chi connectivity index (χ1v) is 7.23. The molecule has 0 aliphatic carbocycles. The summed E-state index contributed by atoms with van der Waals surface area (Å²) in [5.74, 6) is 0.673. The normalized spacial score (nSPS) is 11.4. The minimum absolute atomic E-state index is 0.669. The summed E-state index contributed by atoms with van der Waals surface area (Å²) >= 11 is 1.60. The Morgan fingerprint density at radius 3 is 2.56 bits per heavy atom. The van der Waals surface area contributed by atoms with E-state index in [1.165, 1.54) is 0 Å². The summed E-state index contributed by atoms with van der Waals surface area (Å²) in [5.41, 5.74) is 1.63. The average molecular weight is 261 g/mol. The molecule has 0 amide bonds. The number of benzene rings is 1. The van der Waals surface area contributed by atoms with Crippen molar-refractivity contribution >= 4 is 22.6 Å². The number of nitrogens with one attached hydrogen (secondary N) is 1. The maximum absolute atomic E-state index is 8.73. The molecule has 3 nitrogen and oxygen atoms in total. The molecule has 0 saturated carbocycles. The molecule has 4 heteroatoms. The van der Waals surface area contributed by atoms with Gasteiger partial charge in [0.15, 0.2) is 5.17 Å². The Bertz CT molecular complexity index is 429. The first kappa shape index (κ1) is 14.6. The Kier molecular flexibility index (Phi) is 6.31. The number of hydrogen-bond donors (Lipinski definition) is 1. The van der Waals surface area contributed by atoms with Crippen LogP contribution in [0.2, 0.25) is 0 Å². The van der Waals surface area contributed by atoms with Crippen LogP contribution in [-0.2, 0) is 0 Å². The molecule has 0 bridgehead atoms. The minimum atomic E-state index is 0.669. The van der Waals surface area contributed by atoms with E-state index in [0.29, 0.717) is 11.5 Å². The molecular weight excluding hydrogens is 242 g/mol. The fourth-order valence-electron chi connectivity index (χ4n) is 1.33. The lowest BCUT2D eigenvalue weighted by atomic mass is 10.1. The lowest BCUT2D eigenvalue weighted by molar-refractivity contribution is 0.597. The van der Waals surface area contributed by atoms with Crippen LogP contribution in [0.5, 0.6) is 0 Å². The number of thioether (sulfide) groups is 1. The van der Waals surface area contributed by atoms with E-state index in [9.17, 15) is 0 Å². The molecule has 0 atom stereocenters. The van der Waals surface area contributed by atoms with Crippen LogP contribution in [0, 0.1) is 17.2 Å². The van der Waals surface area contributed by atoms with Gasteiger partial charge in [-0.05, 0) is 42.9 Å². The largest absolute Gasteiger partial charge is 0.335 e.